The Morgan fingerprint density at radius 3 is 2.67 bits per heavy atom. The first kappa shape index (κ1) is 12.4. The summed E-state index contributed by atoms with van der Waals surface area (Å²) in [6.07, 6.45) is 3.59. The minimum absolute atomic E-state index is 0.0511. The molecule has 0 radical (unpaired) electrons. The van der Waals surface area contributed by atoms with E-state index in [4.69, 9.17) is 16.9 Å². The van der Waals surface area contributed by atoms with Crippen molar-refractivity contribution in [2.24, 2.45) is 0 Å². The minimum atomic E-state index is -0.0511. The maximum Gasteiger partial charge on any atom is 0.230 e. The minimum Gasteiger partial charge on any atom is -0.293 e. The Kier molecular flexibility index (Phi) is 3.50. The predicted molar refractivity (Wildman–Crippen MR) is 70.5 cm³/mol. The molecule has 0 unspecified atom stereocenters. The lowest BCUT2D eigenvalue weighted by molar-refractivity contribution is 0.0909. The normalized spacial score (nSPS) is 10.1. The van der Waals surface area contributed by atoms with Gasteiger partial charge in [-0.3, -0.25) is 9.36 Å². The van der Waals surface area contributed by atoms with Crippen LogP contribution in [-0.4, -0.2) is 10.5 Å². The first-order valence-corrected chi connectivity index (χ1v) is 5.95. The molecule has 0 aliphatic heterocycles. The van der Waals surface area contributed by atoms with E-state index in [9.17, 15) is 4.79 Å². The second-order valence-corrected chi connectivity index (χ2v) is 4.24. The number of halogens is 1. The smallest absolute Gasteiger partial charge is 0.230 e. The molecule has 2 aromatic rings. The van der Waals surface area contributed by atoms with Crippen LogP contribution in [0.2, 0.25) is 5.02 Å². The molecule has 90 valence electrons. The molecule has 3 nitrogen and oxygen atoms in total. The molecule has 1 aromatic carbocycles. The lowest BCUT2D eigenvalue weighted by Gasteiger charge is -2.01. The summed E-state index contributed by atoms with van der Waals surface area (Å²) < 4.78 is 1.44. The molecule has 2 rings (SSSR count). The van der Waals surface area contributed by atoms with Gasteiger partial charge in [0.15, 0.2) is 0 Å². The zero-order chi connectivity index (χ0) is 13.1. The van der Waals surface area contributed by atoms with Gasteiger partial charge in [0.2, 0.25) is 5.91 Å². The van der Waals surface area contributed by atoms with Crippen molar-refractivity contribution in [3.63, 3.8) is 0 Å². The van der Waals surface area contributed by atoms with Gasteiger partial charge in [0.1, 0.15) is 6.07 Å². The van der Waals surface area contributed by atoms with E-state index in [1.54, 1.807) is 25.4 Å². The van der Waals surface area contributed by atoms with Crippen molar-refractivity contribution in [2.75, 3.05) is 0 Å². The fraction of sp³-hybridized carbons (Fsp3) is 0.143. The number of nitriles is 1. The van der Waals surface area contributed by atoms with Crippen LogP contribution in [0.4, 0.5) is 0 Å². The van der Waals surface area contributed by atoms with Crippen LogP contribution in [0.15, 0.2) is 36.7 Å². The third-order valence-corrected chi connectivity index (χ3v) is 3.03. The summed E-state index contributed by atoms with van der Waals surface area (Å²) in [5.41, 5.74) is 1.90. The largest absolute Gasteiger partial charge is 0.293 e. The van der Waals surface area contributed by atoms with Crippen LogP contribution in [0.25, 0.3) is 11.1 Å². The predicted octanol–water partition coefficient (Wildman–Crippen LogP) is 3.73. The molecule has 4 heteroatoms. The van der Waals surface area contributed by atoms with Gasteiger partial charge in [0, 0.05) is 35.0 Å². The molecule has 0 fully saturated rings. The zero-order valence-electron chi connectivity index (χ0n) is 9.85. The number of benzene rings is 1. The van der Waals surface area contributed by atoms with Crippen LogP contribution in [0.3, 0.4) is 0 Å². The Labute approximate surface area is 110 Å². The fourth-order valence-corrected chi connectivity index (χ4v) is 2.00. The average Bonchev–Trinajstić information content (AvgIpc) is 2.82. The molecule has 1 heterocycles. The molecule has 0 aliphatic rings. The summed E-state index contributed by atoms with van der Waals surface area (Å²) in [4.78, 5) is 11.6. The summed E-state index contributed by atoms with van der Waals surface area (Å²) >= 11 is 6.11. The van der Waals surface area contributed by atoms with E-state index in [0.29, 0.717) is 22.6 Å². The van der Waals surface area contributed by atoms with Gasteiger partial charge in [-0.2, -0.15) is 5.26 Å². The van der Waals surface area contributed by atoms with Crippen LogP contribution < -0.4 is 0 Å². The Hall–Kier alpha value is -2.05. The number of hydrogen-bond donors (Lipinski definition) is 0. The SMILES string of the molecule is CCC(=O)n1cc(C#N)c(-c2ccccc2Cl)c1. The van der Waals surface area contributed by atoms with Crippen molar-refractivity contribution in [2.45, 2.75) is 13.3 Å². The summed E-state index contributed by atoms with van der Waals surface area (Å²) in [6.45, 7) is 1.78. The number of aromatic nitrogens is 1. The molecule has 0 amide bonds. The Balaban J connectivity index is 2.58. The third-order valence-electron chi connectivity index (χ3n) is 2.70. The second kappa shape index (κ2) is 5.07. The van der Waals surface area contributed by atoms with Gasteiger partial charge in [-0.15, -0.1) is 0 Å². The van der Waals surface area contributed by atoms with E-state index in [2.05, 4.69) is 6.07 Å². The highest BCUT2D eigenvalue weighted by molar-refractivity contribution is 6.33. The lowest BCUT2D eigenvalue weighted by Crippen LogP contribution is -2.05. The molecule has 0 aliphatic carbocycles. The molecular formula is C14H11ClN2O. The molecular weight excluding hydrogens is 248 g/mol. The highest BCUT2D eigenvalue weighted by Crippen LogP contribution is 2.30. The zero-order valence-corrected chi connectivity index (χ0v) is 10.6. The number of carbonyl (C=O) groups excluding carboxylic acids is 1. The Morgan fingerprint density at radius 2 is 2.06 bits per heavy atom. The Bertz CT molecular complexity index is 637. The maximum atomic E-state index is 11.6. The first-order valence-electron chi connectivity index (χ1n) is 5.57. The van der Waals surface area contributed by atoms with Crippen molar-refractivity contribution >= 4 is 17.5 Å². The van der Waals surface area contributed by atoms with Gasteiger partial charge in [-0.1, -0.05) is 36.7 Å². The van der Waals surface area contributed by atoms with Crippen LogP contribution in [0.5, 0.6) is 0 Å². The van der Waals surface area contributed by atoms with E-state index in [-0.39, 0.29) is 5.91 Å². The topological polar surface area (TPSA) is 45.8 Å². The molecule has 0 saturated carbocycles. The van der Waals surface area contributed by atoms with E-state index in [0.717, 1.165) is 5.56 Å². The van der Waals surface area contributed by atoms with Crippen molar-refractivity contribution in [3.05, 3.63) is 47.2 Å². The summed E-state index contributed by atoms with van der Waals surface area (Å²) in [5.74, 6) is -0.0511. The van der Waals surface area contributed by atoms with Crippen molar-refractivity contribution < 1.29 is 4.79 Å². The van der Waals surface area contributed by atoms with Gasteiger partial charge >= 0.3 is 0 Å². The van der Waals surface area contributed by atoms with Gasteiger partial charge in [0.05, 0.1) is 5.56 Å². The van der Waals surface area contributed by atoms with Gasteiger partial charge in [0.25, 0.3) is 0 Å². The van der Waals surface area contributed by atoms with E-state index in [1.165, 1.54) is 4.57 Å². The maximum absolute atomic E-state index is 11.6. The summed E-state index contributed by atoms with van der Waals surface area (Å²) in [7, 11) is 0. The van der Waals surface area contributed by atoms with Gasteiger partial charge < -0.3 is 0 Å². The molecule has 0 saturated heterocycles. The summed E-state index contributed by atoms with van der Waals surface area (Å²) in [5, 5.41) is 9.69. The fourth-order valence-electron chi connectivity index (χ4n) is 1.76. The quantitative estimate of drug-likeness (QED) is 0.824. The molecule has 0 bridgehead atoms. The van der Waals surface area contributed by atoms with E-state index >= 15 is 0 Å². The van der Waals surface area contributed by atoms with Crippen LogP contribution in [0.1, 0.15) is 23.7 Å². The van der Waals surface area contributed by atoms with Gasteiger partial charge in [-0.05, 0) is 6.07 Å². The number of nitrogens with zero attached hydrogens (tertiary/aromatic N) is 2. The van der Waals surface area contributed by atoms with Crippen molar-refractivity contribution in [3.8, 4) is 17.2 Å². The Morgan fingerprint density at radius 1 is 1.33 bits per heavy atom. The van der Waals surface area contributed by atoms with Gasteiger partial charge in [-0.25, -0.2) is 0 Å². The van der Waals surface area contributed by atoms with Crippen LogP contribution >= 0.6 is 11.6 Å². The number of carbonyl (C=O) groups is 1. The summed E-state index contributed by atoms with van der Waals surface area (Å²) in [6, 6.07) is 9.36. The van der Waals surface area contributed by atoms with E-state index in [1.807, 2.05) is 18.2 Å². The van der Waals surface area contributed by atoms with Crippen molar-refractivity contribution in [1.29, 1.82) is 5.26 Å². The van der Waals surface area contributed by atoms with Crippen LogP contribution in [0, 0.1) is 11.3 Å². The molecule has 1 aromatic heterocycles. The molecule has 18 heavy (non-hydrogen) atoms. The molecule has 0 atom stereocenters. The standard InChI is InChI=1S/C14H11ClN2O/c1-2-14(18)17-8-10(7-16)12(9-17)11-5-3-4-6-13(11)15/h3-6,8-9H,2H2,1H3. The average molecular weight is 259 g/mol. The first-order chi connectivity index (χ1) is 8.67. The highest BCUT2D eigenvalue weighted by Gasteiger charge is 2.13. The van der Waals surface area contributed by atoms with Crippen molar-refractivity contribution in [1.82, 2.24) is 4.57 Å². The molecule has 0 spiro atoms. The number of rotatable bonds is 2. The van der Waals surface area contributed by atoms with Crippen LogP contribution in [-0.2, 0) is 0 Å². The highest BCUT2D eigenvalue weighted by atomic mass is 35.5. The third kappa shape index (κ3) is 2.15. The second-order valence-electron chi connectivity index (χ2n) is 3.83. The molecule has 0 N–H and O–H groups in total. The van der Waals surface area contributed by atoms with E-state index < -0.39 is 0 Å². The number of hydrogen-bond acceptors (Lipinski definition) is 2. The monoisotopic (exact) mass is 258 g/mol. The lowest BCUT2D eigenvalue weighted by atomic mass is 10.1.